The number of benzene rings is 2. The molecule has 1 aromatic heterocycles. The Hall–Kier alpha value is -2.90. The fourth-order valence-corrected chi connectivity index (χ4v) is 3.98. The van der Waals surface area contributed by atoms with Crippen LogP contribution >= 0.6 is 0 Å². The fraction of sp³-hybridized carbons (Fsp3) is 0.263. The van der Waals surface area contributed by atoms with Gasteiger partial charge in [0.25, 0.3) is 5.56 Å². The van der Waals surface area contributed by atoms with E-state index in [1.54, 1.807) is 0 Å². The molecule has 27 heavy (non-hydrogen) atoms. The molecule has 8 heteroatoms. The molecule has 2 N–H and O–H groups in total. The lowest BCUT2D eigenvalue weighted by Crippen LogP contribution is -2.42. The van der Waals surface area contributed by atoms with Gasteiger partial charge in [0.05, 0.1) is 23.0 Å². The minimum absolute atomic E-state index is 0.0391. The lowest BCUT2D eigenvalue weighted by Gasteiger charge is -2.36. The Bertz CT molecular complexity index is 1160. The summed E-state index contributed by atoms with van der Waals surface area (Å²) in [5.41, 5.74) is -1.69. The maximum absolute atomic E-state index is 15.1. The smallest absolute Gasteiger partial charge is 0.272 e. The third-order valence-corrected chi connectivity index (χ3v) is 5.40. The Balaban J connectivity index is 1.83. The van der Waals surface area contributed by atoms with Gasteiger partial charge < -0.3 is 5.32 Å². The van der Waals surface area contributed by atoms with Gasteiger partial charge in [-0.3, -0.25) is 4.79 Å². The van der Waals surface area contributed by atoms with Crippen LogP contribution in [0, 0.1) is 17.5 Å². The topological polar surface area (TPSA) is 57.8 Å². The van der Waals surface area contributed by atoms with Gasteiger partial charge >= 0.3 is 0 Å². The third kappa shape index (κ3) is 2.35. The Labute approximate surface area is 150 Å². The fourth-order valence-electron chi connectivity index (χ4n) is 3.98. The van der Waals surface area contributed by atoms with Crippen LogP contribution < -0.4 is 10.9 Å². The van der Waals surface area contributed by atoms with Gasteiger partial charge in [0.2, 0.25) is 0 Å². The number of aromatic amines is 1. The minimum atomic E-state index is -1.63. The summed E-state index contributed by atoms with van der Waals surface area (Å²) in [6, 6.07) is 4.38. The van der Waals surface area contributed by atoms with E-state index in [9.17, 15) is 18.0 Å². The second-order valence-corrected chi connectivity index (χ2v) is 7.11. The molecule has 1 fully saturated rings. The second kappa shape index (κ2) is 5.31. The molecule has 1 saturated carbocycles. The predicted octanol–water partition coefficient (Wildman–Crippen LogP) is 3.77. The number of nitrogens with one attached hydrogen (secondary N) is 2. The van der Waals surface area contributed by atoms with E-state index in [0.29, 0.717) is 5.39 Å². The lowest BCUT2D eigenvalue weighted by atomic mass is 9.80. The van der Waals surface area contributed by atoms with E-state index in [4.69, 9.17) is 0 Å². The normalized spacial score (nSPS) is 22.5. The molecule has 0 bridgehead atoms. The first-order valence-corrected chi connectivity index (χ1v) is 8.50. The van der Waals surface area contributed by atoms with Crippen LogP contribution in [0.3, 0.4) is 0 Å². The van der Waals surface area contributed by atoms with Crippen LogP contribution in [0.2, 0.25) is 0 Å². The van der Waals surface area contributed by atoms with E-state index >= 15 is 4.39 Å². The first kappa shape index (κ1) is 16.3. The Morgan fingerprint density at radius 3 is 2.56 bits per heavy atom. The van der Waals surface area contributed by atoms with E-state index in [-0.39, 0.29) is 35.2 Å². The van der Waals surface area contributed by atoms with Crippen molar-refractivity contribution >= 4 is 16.5 Å². The molecule has 2 heterocycles. The zero-order valence-corrected chi connectivity index (χ0v) is 13.8. The molecule has 4 nitrogen and oxygen atoms in total. The number of alkyl halides is 1. The van der Waals surface area contributed by atoms with Crippen LogP contribution in [0.5, 0.6) is 0 Å². The number of anilines is 1. The van der Waals surface area contributed by atoms with Gasteiger partial charge in [0, 0.05) is 17.1 Å². The zero-order valence-electron chi connectivity index (χ0n) is 13.8. The number of halogens is 4. The molecule has 1 aliphatic heterocycles. The predicted molar refractivity (Wildman–Crippen MR) is 91.0 cm³/mol. The highest BCUT2D eigenvalue weighted by Crippen LogP contribution is 2.53. The maximum atomic E-state index is 15.1. The van der Waals surface area contributed by atoms with Gasteiger partial charge in [0.1, 0.15) is 23.1 Å². The largest absolute Gasteiger partial charge is 0.377 e. The molecule has 2 aliphatic rings. The van der Waals surface area contributed by atoms with Crippen molar-refractivity contribution in [1.82, 2.24) is 10.2 Å². The number of H-pyrrole nitrogens is 1. The number of aromatic nitrogens is 2. The van der Waals surface area contributed by atoms with E-state index in [1.165, 1.54) is 12.1 Å². The molecule has 2 unspecified atom stereocenters. The van der Waals surface area contributed by atoms with E-state index < -0.39 is 40.6 Å². The molecule has 1 aliphatic carbocycles. The quantitative estimate of drug-likeness (QED) is 0.671. The van der Waals surface area contributed by atoms with Crippen molar-refractivity contribution in [2.24, 2.45) is 0 Å². The summed E-state index contributed by atoms with van der Waals surface area (Å²) in [6.45, 7) is 0. The summed E-state index contributed by atoms with van der Waals surface area (Å²) < 4.78 is 57.1. The Kier molecular flexibility index (Phi) is 3.20. The molecule has 3 aromatic rings. The van der Waals surface area contributed by atoms with Crippen molar-refractivity contribution in [2.45, 2.75) is 30.5 Å². The standard InChI is InChI=1S/C19H13F4N3O/c20-8-1-2-10(12(22)6-8)15-16-14-11(18(27)26-25-16)5-9(21)7-13(14)24-17(15)19(23)3-4-19/h1-2,5-7,15,17,24H,3-4H2,(H,26,27). The van der Waals surface area contributed by atoms with Crippen LogP contribution in [0.1, 0.15) is 30.0 Å². The van der Waals surface area contributed by atoms with Crippen LogP contribution in [-0.4, -0.2) is 21.9 Å². The Morgan fingerprint density at radius 2 is 1.85 bits per heavy atom. The van der Waals surface area contributed by atoms with Crippen LogP contribution in [0.15, 0.2) is 35.1 Å². The molecule has 5 rings (SSSR count). The highest BCUT2D eigenvalue weighted by molar-refractivity contribution is 5.97. The monoisotopic (exact) mass is 375 g/mol. The van der Waals surface area contributed by atoms with Gasteiger partial charge in [-0.1, -0.05) is 6.07 Å². The van der Waals surface area contributed by atoms with Crippen molar-refractivity contribution in [3.63, 3.8) is 0 Å². The number of hydrogen-bond donors (Lipinski definition) is 2. The Morgan fingerprint density at radius 1 is 1.07 bits per heavy atom. The summed E-state index contributed by atoms with van der Waals surface area (Å²) in [4.78, 5) is 12.1. The number of nitrogens with zero attached hydrogens (tertiary/aromatic N) is 1. The molecule has 138 valence electrons. The van der Waals surface area contributed by atoms with Crippen molar-refractivity contribution in [2.75, 3.05) is 5.32 Å². The average Bonchev–Trinajstić information content (AvgIpc) is 3.36. The second-order valence-electron chi connectivity index (χ2n) is 7.11. The number of hydrogen-bond acceptors (Lipinski definition) is 3. The highest BCUT2D eigenvalue weighted by Gasteiger charge is 2.56. The van der Waals surface area contributed by atoms with Crippen molar-refractivity contribution in [3.05, 3.63) is 69.4 Å². The SMILES string of the molecule is O=c1[nH]nc2c3c(cc(F)cc13)NC(C1(F)CC1)C2c1ccc(F)cc1F. The molecular formula is C19H13F4N3O. The van der Waals surface area contributed by atoms with E-state index in [1.807, 2.05) is 0 Å². The van der Waals surface area contributed by atoms with E-state index in [2.05, 4.69) is 15.5 Å². The summed E-state index contributed by atoms with van der Waals surface area (Å²) >= 11 is 0. The van der Waals surface area contributed by atoms with Gasteiger partial charge in [-0.05, 0) is 36.6 Å². The summed E-state index contributed by atoms with van der Waals surface area (Å²) in [5, 5.41) is 9.65. The first-order chi connectivity index (χ1) is 12.9. The van der Waals surface area contributed by atoms with Gasteiger partial charge in [0.15, 0.2) is 0 Å². The first-order valence-electron chi connectivity index (χ1n) is 8.50. The minimum Gasteiger partial charge on any atom is -0.377 e. The highest BCUT2D eigenvalue weighted by atomic mass is 19.1. The van der Waals surface area contributed by atoms with Gasteiger partial charge in [-0.25, -0.2) is 22.7 Å². The van der Waals surface area contributed by atoms with E-state index in [0.717, 1.165) is 18.2 Å². The molecule has 2 aromatic carbocycles. The van der Waals surface area contributed by atoms with Crippen LogP contribution in [0.4, 0.5) is 23.2 Å². The molecule has 0 amide bonds. The van der Waals surface area contributed by atoms with Crippen LogP contribution in [-0.2, 0) is 0 Å². The molecule has 0 saturated heterocycles. The van der Waals surface area contributed by atoms with Crippen LogP contribution in [0.25, 0.3) is 10.8 Å². The summed E-state index contributed by atoms with van der Waals surface area (Å²) in [5.74, 6) is -3.14. The van der Waals surface area contributed by atoms with Crippen molar-refractivity contribution < 1.29 is 17.6 Å². The number of rotatable bonds is 2. The third-order valence-electron chi connectivity index (χ3n) is 5.40. The average molecular weight is 375 g/mol. The summed E-state index contributed by atoms with van der Waals surface area (Å²) in [6.07, 6.45) is 0.530. The van der Waals surface area contributed by atoms with Gasteiger partial charge in [-0.2, -0.15) is 5.10 Å². The molecule has 2 atom stereocenters. The molecule has 0 radical (unpaired) electrons. The van der Waals surface area contributed by atoms with Crippen molar-refractivity contribution in [1.29, 1.82) is 0 Å². The van der Waals surface area contributed by atoms with Gasteiger partial charge in [-0.15, -0.1) is 0 Å². The molecular weight excluding hydrogens is 362 g/mol. The molecule has 0 spiro atoms. The zero-order chi connectivity index (χ0) is 18.9. The maximum Gasteiger partial charge on any atom is 0.272 e. The lowest BCUT2D eigenvalue weighted by molar-refractivity contribution is 0.251. The van der Waals surface area contributed by atoms with Crippen molar-refractivity contribution in [3.8, 4) is 0 Å². The summed E-state index contributed by atoms with van der Waals surface area (Å²) in [7, 11) is 0.